The summed E-state index contributed by atoms with van der Waals surface area (Å²) in [4.78, 5) is 9.36. The molecule has 31 heavy (non-hydrogen) atoms. The minimum absolute atomic E-state index is 0.0506. The van der Waals surface area contributed by atoms with E-state index in [0.29, 0.717) is 23.0 Å². The van der Waals surface area contributed by atoms with Crippen molar-refractivity contribution in [3.05, 3.63) is 95.6 Å². The normalized spacial score (nSPS) is 19.3. The van der Waals surface area contributed by atoms with Crippen LogP contribution in [0.2, 0.25) is 0 Å². The molecule has 5 heteroatoms. The molecule has 0 unspecified atom stereocenters. The van der Waals surface area contributed by atoms with Gasteiger partial charge in [-0.15, -0.1) is 0 Å². The zero-order valence-electron chi connectivity index (χ0n) is 16.7. The van der Waals surface area contributed by atoms with Gasteiger partial charge in [-0.05, 0) is 54.3 Å². The lowest BCUT2D eigenvalue weighted by molar-refractivity contribution is 0.174. The summed E-state index contributed by atoms with van der Waals surface area (Å²) in [6.07, 6.45) is 2.07. The second kappa shape index (κ2) is 7.13. The first-order valence-corrected chi connectivity index (χ1v) is 10.4. The van der Waals surface area contributed by atoms with Crippen LogP contribution < -0.4 is 4.74 Å². The summed E-state index contributed by atoms with van der Waals surface area (Å²) in [6, 6.07) is 25.2. The standard InChI is InChI=1S/C26H20N2O3/c29-21-10-4-6-17-12-14-23(27-24(17)21)30-19-8-3-7-18(15-19)26-28-25-20-9-2-1-5-16(20)11-13-22(25)31-26/h1-10,12,14-15,22,25,29H,11,13H2/t22-,25+/m0/s1. The summed E-state index contributed by atoms with van der Waals surface area (Å²) < 4.78 is 12.2. The lowest BCUT2D eigenvalue weighted by Crippen LogP contribution is -2.23. The van der Waals surface area contributed by atoms with E-state index in [1.165, 1.54) is 11.1 Å². The average Bonchev–Trinajstić information content (AvgIpc) is 3.25. The van der Waals surface area contributed by atoms with E-state index >= 15 is 0 Å². The SMILES string of the molecule is Oc1cccc2ccc(Oc3cccc(C4=N[C@@H]5c6ccccc6CC[C@@H]5O4)c3)nc12. The molecule has 0 saturated carbocycles. The second-order valence-electron chi connectivity index (χ2n) is 7.90. The van der Waals surface area contributed by atoms with E-state index in [1.807, 2.05) is 36.4 Å². The molecule has 1 N–H and O–H groups in total. The average molecular weight is 408 g/mol. The Balaban J connectivity index is 1.29. The number of hydrogen-bond acceptors (Lipinski definition) is 5. The third-order valence-corrected chi connectivity index (χ3v) is 5.92. The van der Waals surface area contributed by atoms with Gasteiger partial charge in [0.15, 0.2) is 0 Å². The minimum atomic E-state index is 0.0506. The van der Waals surface area contributed by atoms with Crippen molar-refractivity contribution in [3.63, 3.8) is 0 Å². The number of hydrogen-bond donors (Lipinski definition) is 1. The van der Waals surface area contributed by atoms with Gasteiger partial charge in [0, 0.05) is 17.0 Å². The first-order valence-electron chi connectivity index (χ1n) is 10.4. The zero-order valence-corrected chi connectivity index (χ0v) is 16.7. The van der Waals surface area contributed by atoms with Crippen LogP contribution in [-0.2, 0) is 11.2 Å². The maximum atomic E-state index is 10.1. The van der Waals surface area contributed by atoms with Gasteiger partial charge >= 0.3 is 0 Å². The minimum Gasteiger partial charge on any atom is -0.506 e. The molecule has 2 heterocycles. The highest BCUT2D eigenvalue weighted by molar-refractivity contribution is 5.96. The third kappa shape index (κ3) is 3.19. The molecule has 4 aromatic rings. The van der Waals surface area contributed by atoms with Crippen molar-refractivity contribution in [3.8, 4) is 17.4 Å². The fourth-order valence-corrected chi connectivity index (χ4v) is 4.41. The summed E-state index contributed by atoms with van der Waals surface area (Å²) in [5.41, 5.74) is 4.02. The third-order valence-electron chi connectivity index (χ3n) is 5.92. The Morgan fingerprint density at radius 3 is 2.81 bits per heavy atom. The molecule has 2 atom stereocenters. The van der Waals surface area contributed by atoms with Gasteiger partial charge in [0.25, 0.3) is 0 Å². The number of ether oxygens (including phenoxy) is 2. The topological polar surface area (TPSA) is 63.9 Å². The summed E-state index contributed by atoms with van der Waals surface area (Å²) >= 11 is 0. The molecule has 2 aliphatic rings. The molecular weight excluding hydrogens is 388 g/mol. The predicted octanol–water partition coefficient (Wildman–Crippen LogP) is 5.57. The molecule has 0 amide bonds. The summed E-state index contributed by atoms with van der Waals surface area (Å²) in [5, 5.41) is 10.9. The summed E-state index contributed by atoms with van der Waals surface area (Å²) in [6.45, 7) is 0. The van der Waals surface area contributed by atoms with E-state index in [-0.39, 0.29) is 17.9 Å². The van der Waals surface area contributed by atoms with E-state index in [2.05, 4.69) is 29.2 Å². The molecule has 0 radical (unpaired) electrons. The number of nitrogens with zero attached hydrogens (tertiary/aromatic N) is 2. The van der Waals surface area contributed by atoms with E-state index in [0.717, 1.165) is 23.8 Å². The van der Waals surface area contributed by atoms with Crippen LogP contribution in [-0.4, -0.2) is 22.1 Å². The zero-order chi connectivity index (χ0) is 20.8. The maximum absolute atomic E-state index is 10.1. The van der Waals surface area contributed by atoms with Crippen molar-refractivity contribution < 1.29 is 14.6 Å². The number of para-hydroxylation sites is 1. The number of aromatic hydroxyl groups is 1. The Morgan fingerprint density at radius 2 is 1.84 bits per heavy atom. The number of fused-ring (bicyclic) bond motifs is 4. The van der Waals surface area contributed by atoms with Crippen molar-refractivity contribution in [1.82, 2.24) is 4.98 Å². The molecule has 5 nitrogen and oxygen atoms in total. The molecule has 1 aliphatic carbocycles. The first kappa shape index (κ1) is 18.0. The number of aliphatic imine (C=N–C) groups is 1. The van der Waals surface area contributed by atoms with Gasteiger partial charge in [0.1, 0.15) is 29.2 Å². The molecule has 152 valence electrons. The highest BCUT2D eigenvalue weighted by Crippen LogP contribution is 2.39. The van der Waals surface area contributed by atoms with Crippen molar-refractivity contribution in [2.75, 3.05) is 0 Å². The van der Waals surface area contributed by atoms with Crippen LogP contribution >= 0.6 is 0 Å². The second-order valence-corrected chi connectivity index (χ2v) is 7.90. The highest BCUT2D eigenvalue weighted by Gasteiger charge is 2.36. The van der Waals surface area contributed by atoms with E-state index in [9.17, 15) is 5.11 Å². The van der Waals surface area contributed by atoms with Crippen molar-refractivity contribution in [2.45, 2.75) is 25.0 Å². The lowest BCUT2D eigenvalue weighted by Gasteiger charge is -2.25. The molecule has 1 aliphatic heterocycles. The van der Waals surface area contributed by atoms with Gasteiger partial charge in [-0.1, -0.05) is 42.5 Å². The smallest absolute Gasteiger partial charge is 0.219 e. The number of phenols is 1. The summed E-state index contributed by atoms with van der Waals surface area (Å²) in [7, 11) is 0. The Morgan fingerprint density at radius 1 is 0.935 bits per heavy atom. The van der Waals surface area contributed by atoms with Gasteiger partial charge in [-0.2, -0.15) is 0 Å². The largest absolute Gasteiger partial charge is 0.506 e. The predicted molar refractivity (Wildman–Crippen MR) is 119 cm³/mol. The summed E-state index contributed by atoms with van der Waals surface area (Å²) in [5.74, 6) is 1.85. The Labute approximate surface area is 179 Å². The highest BCUT2D eigenvalue weighted by atomic mass is 16.5. The van der Waals surface area contributed by atoms with Crippen molar-refractivity contribution in [1.29, 1.82) is 0 Å². The van der Waals surface area contributed by atoms with Gasteiger partial charge in [0.05, 0.1) is 0 Å². The van der Waals surface area contributed by atoms with Gasteiger partial charge in [-0.3, -0.25) is 0 Å². The van der Waals surface area contributed by atoms with Crippen LogP contribution in [0.25, 0.3) is 10.9 Å². The maximum Gasteiger partial charge on any atom is 0.219 e. The molecule has 0 fully saturated rings. The molecule has 3 aromatic carbocycles. The molecule has 6 rings (SSSR count). The lowest BCUT2D eigenvalue weighted by atomic mass is 9.86. The molecule has 0 spiro atoms. The molecule has 0 bridgehead atoms. The number of pyridine rings is 1. The monoisotopic (exact) mass is 408 g/mol. The van der Waals surface area contributed by atoms with Crippen LogP contribution in [0.4, 0.5) is 0 Å². The van der Waals surface area contributed by atoms with Crippen LogP contribution in [0.3, 0.4) is 0 Å². The Kier molecular flexibility index (Phi) is 4.13. The quantitative estimate of drug-likeness (QED) is 0.482. The van der Waals surface area contributed by atoms with E-state index in [1.54, 1.807) is 18.2 Å². The van der Waals surface area contributed by atoms with Gasteiger partial charge in [-0.25, -0.2) is 9.98 Å². The van der Waals surface area contributed by atoms with Crippen LogP contribution in [0.1, 0.15) is 29.2 Å². The number of phenolic OH excluding ortho intramolecular Hbond substituents is 1. The van der Waals surface area contributed by atoms with E-state index in [4.69, 9.17) is 14.5 Å². The Hall–Kier alpha value is -3.86. The first-order chi connectivity index (χ1) is 15.2. The van der Waals surface area contributed by atoms with Crippen LogP contribution in [0, 0.1) is 0 Å². The van der Waals surface area contributed by atoms with Crippen molar-refractivity contribution in [2.24, 2.45) is 4.99 Å². The van der Waals surface area contributed by atoms with Crippen LogP contribution in [0.5, 0.6) is 17.4 Å². The fourth-order valence-electron chi connectivity index (χ4n) is 4.41. The molecular formula is C26H20N2O3. The van der Waals surface area contributed by atoms with Gasteiger partial charge < -0.3 is 14.6 Å². The number of rotatable bonds is 3. The molecule has 0 saturated heterocycles. The van der Waals surface area contributed by atoms with Crippen molar-refractivity contribution >= 4 is 16.8 Å². The number of benzene rings is 3. The fraction of sp³-hybridized carbons (Fsp3) is 0.154. The number of aromatic nitrogens is 1. The van der Waals surface area contributed by atoms with Gasteiger partial charge in [0.2, 0.25) is 11.8 Å². The number of aryl methyl sites for hydroxylation is 1. The van der Waals surface area contributed by atoms with E-state index < -0.39 is 0 Å². The van der Waals surface area contributed by atoms with Crippen LogP contribution in [0.15, 0.2) is 83.9 Å². The Bertz CT molecular complexity index is 1330. The molecule has 1 aromatic heterocycles.